The van der Waals surface area contributed by atoms with E-state index in [0.29, 0.717) is 18.0 Å². The van der Waals surface area contributed by atoms with Crippen LogP contribution in [0.5, 0.6) is 0 Å². The Morgan fingerprint density at radius 3 is 2.76 bits per heavy atom. The molecule has 0 N–H and O–H groups in total. The van der Waals surface area contributed by atoms with Crippen LogP contribution in [0.15, 0.2) is 49.7 Å². The molecule has 90 valence electrons. The van der Waals surface area contributed by atoms with E-state index in [-0.39, 0.29) is 5.78 Å². The predicted octanol–water partition coefficient (Wildman–Crippen LogP) is 3.81. The molecule has 1 unspecified atom stereocenters. The molecule has 0 saturated heterocycles. The molecule has 0 aliphatic heterocycles. The topological polar surface area (TPSA) is 30.0 Å². The van der Waals surface area contributed by atoms with E-state index < -0.39 is 0 Å². The highest BCUT2D eigenvalue weighted by molar-refractivity contribution is 5.94. The summed E-state index contributed by atoms with van der Waals surface area (Å²) in [6.45, 7) is 7.50. The third-order valence-corrected chi connectivity index (χ3v) is 2.77. The molecule has 1 heterocycles. The van der Waals surface area contributed by atoms with Gasteiger partial charge in [-0.3, -0.25) is 9.78 Å². The summed E-state index contributed by atoms with van der Waals surface area (Å²) in [6, 6.07) is 5.41. The number of ketones is 1. The first kappa shape index (κ1) is 13.4. The van der Waals surface area contributed by atoms with Gasteiger partial charge < -0.3 is 0 Å². The SMILES string of the molecule is C=CCCC(C=C)CCC(=O)c1ccccn1. The van der Waals surface area contributed by atoms with Crippen molar-refractivity contribution in [1.29, 1.82) is 0 Å². The Kier molecular flexibility index (Phi) is 5.94. The monoisotopic (exact) mass is 229 g/mol. The number of Topliss-reactive ketones (excluding diaryl/α,β-unsaturated/α-hetero) is 1. The van der Waals surface area contributed by atoms with Gasteiger partial charge in [0.2, 0.25) is 0 Å². The van der Waals surface area contributed by atoms with Crippen molar-refractivity contribution < 1.29 is 4.79 Å². The standard InChI is InChI=1S/C15H19NO/c1-3-5-8-13(4-2)10-11-15(17)14-9-6-7-12-16-14/h3-4,6-7,9,12-13H,1-2,5,8,10-11H2. The van der Waals surface area contributed by atoms with E-state index >= 15 is 0 Å². The van der Waals surface area contributed by atoms with E-state index in [0.717, 1.165) is 19.3 Å². The first-order valence-electron chi connectivity index (χ1n) is 5.95. The minimum Gasteiger partial charge on any atom is -0.292 e. The molecule has 1 atom stereocenters. The molecule has 0 aliphatic rings. The zero-order chi connectivity index (χ0) is 12.5. The summed E-state index contributed by atoms with van der Waals surface area (Å²) < 4.78 is 0. The van der Waals surface area contributed by atoms with Crippen molar-refractivity contribution in [2.45, 2.75) is 25.7 Å². The maximum Gasteiger partial charge on any atom is 0.181 e. The third-order valence-electron chi connectivity index (χ3n) is 2.77. The van der Waals surface area contributed by atoms with Crippen molar-refractivity contribution in [3.8, 4) is 0 Å². The molecule has 17 heavy (non-hydrogen) atoms. The molecule has 2 nitrogen and oxygen atoms in total. The minimum atomic E-state index is 0.107. The minimum absolute atomic E-state index is 0.107. The van der Waals surface area contributed by atoms with E-state index in [9.17, 15) is 4.79 Å². The molecule has 1 rings (SSSR count). The number of nitrogens with zero attached hydrogens (tertiary/aromatic N) is 1. The Morgan fingerprint density at radius 2 is 2.18 bits per heavy atom. The lowest BCUT2D eigenvalue weighted by Crippen LogP contribution is -2.05. The molecule has 1 aromatic heterocycles. The number of aromatic nitrogens is 1. The van der Waals surface area contributed by atoms with Gasteiger partial charge in [0.05, 0.1) is 0 Å². The van der Waals surface area contributed by atoms with Gasteiger partial charge >= 0.3 is 0 Å². The van der Waals surface area contributed by atoms with E-state index in [4.69, 9.17) is 0 Å². The first-order chi connectivity index (χ1) is 8.27. The van der Waals surface area contributed by atoms with Gasteiger partial charge in [0.15, 0.2) is 5.78 Å². The predicted molar refractivity (Wildman–Crippen MR) is 70.9 cm³/mol. The number of allylic oxidation sites excluding steroid dienone is 2. The van der Waals surface area contributed by atoms with Crippen LogP contribution in [0.25, 0.3) is 0 Å². The van der Waals surface area contributed by atoms with Crippen LogP contribution in [0.2, 0.25) is 0 Å². The molecule has 0 spiro atoms. The fraction of sp³-hybridized carbons (Fsp3) is 0.333. The van der Waals surface area contributed by atoms with Crippen molar-refractivity contribution in [1.82, 2.24) is 4.98 Å². The average molecular weight is 229 g/mol. The van der Waals surface area contributed by atoms with Crippen LogP contribution >= 0.6 is 0 Å². The highest BCUT2D eigenvalue weighted by Gasteiger charge is 2.10. The highest BCUT2D eigenvalue weighted by atomic mass is 16.1. The first-order valence-corrected chi connectivity index (χ1v) is 5.95. The van der Waals surface area contributed by atoms with E-state index in [1.807, 2.05) is 24.3 Å². The molecule has 0 bridgehead atoms. The van der Waals surface area contributed by atoms with Crippen molar-refractivity contribution in [3.63, 3.8) is 0 Å². The molecule has 0 aromatic carbocycles. The lowest BCUT2D eigenvalue weighted by Gasteiger charge is -2.09. The summed E-state index contributed by atoms with van der Waals surface area (Å²) in [4.78, 5) is 15.9. The number of carbonyl (C=O) groups excluding carboxylic acids is 1. The Bertz CT molecular complexity index is 370. The lowest BCUT2D eigenvalue weighted by atomic mass is 9.96. The van der Waals surface area contributed by atoms with Crippen molar-refractivity contribution in [2.24, 2.45) is 5.92 Å². The van der Waals surface area contributed by atoms with Crippen LogP contribution in [-0.2, 0) is 0 Å². The lowest BCUT2D eigenvalue weighted by molar-refractivity contribution is 0.0971. The van der Waals surface area contributed by atoms with Gasteiger partial charge in [0, 0.05) is 12.6 Å². The molecular weight excluding hydrogens is 210 g/mol. The maximum atomic E-state index is 11.8. The second-order valence-electron chi connectivity index (χ2n) is 4.04. The van der Waals surface area contributed by atoms with Crippen molar-refractivity contribution in [3.05, 3.63) is 55.4 Å². The molecule has 0 aliphatic carbocycles. The van der Waals surface area contributed by atoms with E-state index in [2.05, 4.69) is 18.1 Å². The number of carbonyl (C=O) groups is 1. The van der Waals surface area contributed by atoms with Gasteiger partial charge in [-0.05, 0) is 37.3 Å². The molecule has 0 saturated carbocycles. The van der Waals surface area contributed by atoms with Crippen LogP contribution in [0.3, 0.4) is 0 Å². The molecule has 0 radical (unpaired) electrons. The fourth-order valence-corrected chi connectivity index (χ4v) is 1.68. The molecular formula is C15H19NO. The normalized spacial score (nSPS) is 11.8. The maximum absolute atomic E-state index is 11.8. The van der Waals surface area contributed by atoms with Gasteiger partial charge in [-0.25, -0.2) is 0 Å². The zero-order valence-corrected chi connectivity index (χ0v) is 10.1. The van der Waals surface area contributed by atoms with Gasteiger partial charge in [0.1, 0.15) is 5.69 Å². The van der Waals surface area contributed by atoms with E-state index in [1.54, 1.807) is 12.3 Å². The quantitative estimate of drug-likeness (QED) is 0.501. The van der Waals surface area contributed by atoms with Gasteiger partial charge in [-0.15, -0.1) is 13.2 Å². The Labute approximate surface area is 103 Å². The summed E-state index contributed by atoms with van der Waals surface area (Å²) in [5.41, 5.74) is 0.555. The number of hydrogen-bond donors (Lipinski definition) is 0. The van der Waals surface area contributed by atoms with Crippen LogP contribution in [0.1, 0.15) is 36.2 Å². The average Bonchev–Trinajstić information content (AvgIpc) is 2.39. The summed E-state index contributed by atoms with van der Waals surface area (Å²) in [5.74, 6) is 0.497. The van der Waals surface area contributed by atoms with Crippen molar-refractivity contribution >= 4 is 5.78 Å². The van der Waals surface area contributed by atoms with Crippen LogP contribution in [0, 0.1) is 5.92 Å². The Hall–Kier alpha value is -1.70. The molecule has 2 heteroatoms. The van der Waals surface area contributed by atoms with Gasteiger partial charge in [-0.1, -0.05) is 18.2 Å². The highest BCUT2D eigenvalue weighted by Crippen LogP contribution is 2.16. The third kappa shape index (κ3) is 4.77. The Morgan fingerprint density at radius 1 is 1.35 bits per heavy atom. The number of hydrogen-bond acceptors (Lipinski definition) is 2. The van der Waals surface area contributed by atoms with E-state index in [1.165, 1.54) is 0 Å². The number of pyridine rings is 1. The zero-order valence-electron chi connectivity index (χ0n) is 10.1. The van der Waals surface area contributed by atoms with Crippen LogP contribution < -0.4 is 0 Å². The summed E-state index contributed by atoms with van der Waals surface area (Å²) >= 11 is 0. The second kappa shape index (κ2) is 7.55. The summed E-state index contributed by atoms with van der Waals surface area (Å²) in [6.07, 6.45) is 8.83. The van der Waals surface area contributed by atoms with Gasteiger partial charge in [-0.2, -0.15) is 0 Å². The second-order valence-corrected chi connectivity index (χ2v) is 4.04. The summed E-state index contributed by atoms with van der Waals surface area (Å²) in [7, 11) is 0. The fourth-order valence-electron chi connectivity index (χ4n) is 1.68. The molecule has 1 aromatic rings. The number of rotatable bonds is 8. The molecule has 0 fully saturated rings. The van der Waals surface area contributed by atoms with Crippen LogP contribution in [0.4, 0.5) is 0 Å². The molecule has 0 amide bonds. The smallest absolute Gasteiger partial charge is 0.181 e. The Balaban J connectivity index is 2.41. The largest absolute Gasteiger partial charge is 0.292 e. The van der Waals surface area contributed by atoms with Gasteiger partial charge in [0.25, 0.3) is 0 Å². The summed E-state index contributed by atoms with van der Waals surface area (Å²) in [5, 5.41) is 0. The van der Waals surface area contributed by atoms with Crippen molar-refractivity contribution in [2.75, 3.05) is 0 Å². The van der Waals surface area contributed by atoms with Crippen LogP contribution in [-0.4, -0.2) is 10.8 Å².